The average Bonchev–Trinajstić information content (AvgIpc) is 3.55. The second-order valence-electron chi connectivity index (χ2n) is 8.38. The lowest BCUT2D eigenvalue weighted by molar-refractivity contribution is 0.0734. The predicted molar refractivity (Wildman–Crippen MR) is 123 cm³/mol. The smallest absolute Gasteiger partial charge is 0.264 e. The first-order chi connectivity index (χ1) is 14.9. The van der Waals surface area contributed by atoms with Crippen molar-refractivity contribution in [2.24, 2.45) is 0 Å². The van der Waals surface area contributed by atoms with Gasteiger partial charge in [0, 0.05) is 19.7 Å². The van der Waals surface area contributed by atoms with Crippen molar-refractivity contribution in [3.05, 3.63) is 51.7 Å². The number of methoxy groups -OCH3 is 2. The molecule has 1 saturated carbocycles. The van der Waals surface area contributed by atoms with Crippen LogP contribution in [-0.2, 0) is 17.9 Å². The summed E-state index contributed by atoms with van der Waals surface area (Å²) < 4.78 is 10.7. The number of nitrogens with zero attached hydrogens (tertiary/aromatic N) is 3. The first kappa shape index (κ1) is 21.7. The van der Waals surface area contributed by atoms with Crippen LogP contribution in [0, 0.1) is 6.92 Å². The number of aromatic nitrogens is 2. The van der Waals surface area contributed by atoms with Gasteiger partial charge in [0.15, 0.2) is 5.82 Å². The first-order valence-electron chi connectivity index (χ1n) is 10.7. The lowest BCUT2D eigenvalue weighted by atomic mass is 10.0. The molecule has 1 aliphatic rings. The summed E-state index contributed by atoms with van der Waals surface area (Å²) in [6.07, 6.45) is 2.11. The summed E-state index contributed by atoms with van der Waals surface area (Å²) in [7, 11) is 3.20. The van der Waals surface area contributed by atoms with E-state index in [0.29, 0.717) is 41.7 Å². The Morgan fingerprint density at radius 1 is 1.19 bits per heavy atom. The van der Waals surface area contributed by atoms with Crippen LogP contribution >= 0.6 is 11.3 Å². The molecule has 1 aromatic carbocycles. The van der Waals surface area contributed by atoms with E-state index >= 15 is 0 Å². The van der Waals surface area contributed by atoms with Crippen LogP contribution in [0.1, 0.15) is 64.8 Å². The molecule has 3 aromatic rings. The number of benzene rings is 1. The van der Waals surface area contributed by atoms with Crippen LogP contribution in [0.2, 0.25) is 0 Å². The zero-order chi connectivity index (χ0) is 22.1. The third-order valence-electron chi connectivity index (χ3n) is 5.71. The van der Waals surface area contributed by atoms with Gasteiger partial charge in [-0.15, -0.1) is 11.3 Å². The van der Waals surface area contributed by atoms with Gasteiger partial charge >= 0.3 is 0 Å². The summed E-state index contributed by atoms with van der Waals surface area (Å²) in [4.78, 5) is 26.2. The van der Waals surface area contributed by atoms with Crippen LogP contribution in [0.5, 0.6) is 5.88 Å². The number of carbonyl (C=O) groups is 1. The maximum absolute atomic E-state index is 13.6. The Hall–Kier alpha value is -2.51. The Bertz CT molecular complexity index is 1090. The normalized spacial score (nSPS) is 13.7. The Morgan fingerprint density at radius 2 is 1.90 bits per heavy atom. The van der Waals surface area contributed by atoms with E-state index in [-0.39, 0.29) is 5.91 Å². The van der Waals surface area contributed by atoms with Gasteiger partial charge < -0.3 is 14.4 Å². The van der Waals surface area contributed by atoms with E-state index in [1.807, 2.05) is 11.8 Å². The fraction of sp³-hybridized carbons (Fsp3) is 0.458. The number of aryl methyl sites for hydroxylation is 1. The third-order valence-corrected chi connectivity index (χ3v) is 6.89. The molecule has 164 valence electrons. The molecule has 0 unspecified atom stereocenters. The summed E-state index contributed by atoms with van der Waals surface area (Å²) in [5.41, 5.74) is 3.35. The van der Waals surface area contributed by atoms with Crippen molar-refractivity contribution in [3.8, 4) is 5.88 Å². The standard InChI is InChI=1S/C24H29N3O3S/c1-14(2)17-8-6-16(7-9-17)12-27(18-10-11-18)24(28)21-15(3)20-22(30-5)25-19(13-29-4)26-23(20)31-21/h6-9,14,18H,10-13H2,1-5H3. The molecule has 2 heterocycles. The van der Waals surface area contributed by atoms with E-state index in [1.165, 1.54) is 16.9 Å². The van der Waals surface area contributed by atoms with Crippen LogP contribution in [0.15, 0.2) is 24.3 Å². The molecule has 7 heteroatoms. The number of ether oxygens (including phenoxy) is 2. The molecule has 1 fully saturated rings. The minimum absolute atomic E-state index is 0.0614. The highest BCUT2D eigenvalue weighted by Crippen LogP contribution is 2.38. The van der Waals surface area contributed by atoms with Gasteiger partial charge in [0.05, 0.1) is 17.4 Å². The van der Waals surface area contributed by atoms with Gasteiger partial charge in [-0.1, -0.05) is 38.1 Å². The maximum Gasteiger partial charge on any atom is 0.264 e. The molecule has 1 aliphatic carbocycles. The Kier molecular flexibility index (Phi) is 6.25. The number of thiophene rings is 1. The fourth-order valence-electron chi connectivity index (χ4n) is 3.78. The molecule has 4 rings (SSSR count). The molecule has 0 bridgehead atoms. The maximum atomic E-state index is 13.6. The van der Waals surface area contributed by atoms with Crippen molar-refractivity contribution in [1.29, 1.82) is 0 Å². The van der Waals surface area contributed by atoms with Crippen molar-refractivity contribution in [1.82, 2.24) is 14.9 Å². The largest absolute Gasteiger partial charge is 0.480 e. The quantitative estimate of drug-likeness (QED) is 0.490. The molecule has 0 aliphatic heterocycles. The Morgan fingerprint density at radius 3 is 2.48 bits per heavy atom. The number of fused-ring (bicyclic) bond motifs is 1. The van der Waals surface area contributed by atoms with E-state index in [1.54, 1.807) is 14.2 Å². The molecule has 0 N–H and O–H groups in total. The van der Waals surface area contributed by atoms with Crippen LogP contribution < -0.4 is 4.74 Å². The van der Waals surface area contributed by atoms with Gasteiger partial charge in [-0.2, -0.15) is 4.98 Å². The highest BCUT2D eigenvalue weighted by molar-refractivity contribution is 7.20. The van der Waals surface area contributed by atoms with E-state index in [2.05, 4.69) is 48.1 Å². The average molecular weight is 440 g/mol. The summed E-state index contributed by atoms with van der Waals surface area (Å²) in [6, 6.07) is 8.91. The lowest BCUT2D eigenvalue weighted by Crippen LogP contribution is -2.32. The highest BCUT2D eigenvalue weighted by atomic mass is 32.1. The van der Waals surface area contributed by atoms with Gasteiger partial charge in [-0.3, -0.25) is 4.79 Å². The summed E-state index contributed by atoms with van der Waals surface area (Å²) >= 11 is 1.41. The molecule has 2 aromatic heterocycles. The van der Waals surface area contributed by atoms with Crippen molar-refractivity contribution in [2.45, 2.75) is 58.7 Å². The first-order valence-corrected chi connectivity index (χ1v) is 11.5. The van der Waals surface area contributed by atoms with Gasteiger partial charge in [0.2, 0.25) is 5.88 Å². The number of carbonyl (C=O) groups excluding carboxylic acids is 1. The molecule has 31 heavy (non-hydrogen) atoms. The molecule has 0 saturated heterocycles. The molecular weight excluding hydrogens is 410 g/mol. The molecule has 6 nitrogen and oxygen atoms in total. The van der Waals surface area contributed by atoms with Gasteiger partial charge in [0.1, 0.15) is 11.4 Å². The zero-order valence-electron chi connectivity index (χ0n) is 18.8. The van der Waals surface area contributed by atoms with Crippen molar-refractivity contribution >= 4 is 27.5 Å². The number of amides is 1. The van der Waals surface area contributed by atoms with Crippen LogP contribution in [0.25, 0.3) is 10.2 Å². The van der Waals surface area contributed by atoms with Crippen molar-refractivity contribution in [3.63, 3.8) is 0 Å². The third kappa shape index (κ3) is 4.43. The lowest BCUT2D eigenvalue weighted by Gasteiger charge is -2.22. The SMILES string of the molecule is COCc1nc(OC)c2c(C)c(C(=O)N(Cc3ccc(C(C)C)cc3)C3CC3)sc2n1. The monoisotopic (exact) mass is 439 g/mol. The van der Waals surface area contributed by atoms with E-state index in [0.717, 1.165) is 34.2 Å². The molecule has 0 atom stereocenters. The van der Waals surface area contributed by atoms with E-state index < -0.39 is 0 Å². The van der Waals surface area contributed by atoms with Crippen molar-refractivity contribution in [2.75, 3.05) is 14.2 Å². The van der Waals surface area contributed by atoms with Crippen LogP contribution in [0.3, 0.4) is 0 Å². The van der Waals surface area contributed by atoms with E-state index in [9.17, 15) is 4.79 Å². The summed E-state index contributed by atoms with van der Waals surface area (Å²) in [5, 5.41) is 0.813. The number of hydrogen-bond acceptors (Lipinski definition) is 6. The highest BCUT2D eigenvalue weighted by Gasteiger charge is 2.35. The molecular formula is C24H29N3O3S. The fourth-order valence-corrected chi connectivity index (χ4v) is 4.92. The van der Waals surface area contributed by atoms with Crippen LogP contribution in [-0.4, -0.2) is 41.0 Å². The minimum Gasteiger partial charge on any atom is -0.480 e. The van der Waals surface area contributed by atoms with Gasteiger partial charge in [0.25, 0.3) is 5.91 Å². The molecule has 1 amide bonds. The Balaban J connectivity index is 1.66. The second-order valence-corrected chi connectivity index (χ2v) is 9.38. The molecule has 0 spiro atoms. The number of rotatable bonds is 8. The van der Waals surface area contributed by atoms with Crippen molar-refractivity contribution < 1.29 is 14.3 Å². The van der Waals surface area contributed by atoms with Gasteiger partial charge in [-0.05, 0) is 42.4 Å². The summed E-state index contributed by atoms with van der Waals surface area (Å²) in [6.45, 7) is 7.25. The van der Waals surface area contributed by atoms with Crippen LogP contribution in [0.4, 0.5) is 0 Å². The van der Waals surface area contributed by atoms with Gasteiger partial charge in [-0.25, -0.2) is 4.98 Å². The topological polar surface area (TPSA) is 64.6 Å². The van der Waals surface area contributed by atoms with E-state index in [4.69, 9.17) is 9.47 Å². The zero-order valence-corrected chi connectivity index (χ0v) is 19.6. The minimum atomic E-state index is 0.0614. The summed E-state index contributed by atoms with van der Waals surface area (Å²) in [5.74, 6) is 1.60. The number of hydrogen-bond donors (Lipinski definition) is 0. The second kappa shape index (κ2) is 8.93. The Labute approximate surface area is 187 Å². The predicted octanol–water partition coefficient (Wildman–Crippen LogP) is 5.08. The molecule has 0 radical (unpaired) electrons.